The van der Waals surface area contributed by atoms with Gasteiger partial charge in [-0.25, -0.2) is 4.79 Å². The minimum absolute atomic E-state index is 0.0527. The summed E-state index contributed by atoms with van der Waals surface area (Å²) in [4.78, 5) is 14.3. The van der Waals surface area contributed by atoms with Crippen LogP contribution >= 0.6 is 0 Å². The molecule has 0 radical (unpaired) electrons. The number of nitrogens with zero attached hydrogens (tertiary/aromatic N) is 1. The van der Waals surface area contributed by atoms with Gasteiger partial charge in [-0.05, 0) is 58.0 Å². The van der Waals surface area contributed by atoms with Gasteiger partial charge >= 0.3 is 5.97 Å². The second-order valence-corrected chi connectivity index (χ2v) is 6.07. The zero-order valence-electron chi connectivity index (χ0n) is 13.5. The Morgan fingerprint density at radius 3 is 2.68 bits per heavy atom. The van der Waals surface area contributed by atoms with E-state index >= 15 is 0 Å². The van der Waals surface area contributed by atoms with Crippen LogP contribution < -0.4 is 10.5 Å². The number of ether oxygens (including phenoxy) is 2. The summed E-state index contributed by atoms with van der Waals surface area (Å²) in [6.07, 6.45) is 5.49. The zero-order valence-corrected chi connectivity index (χ0v) is 13.5. The lowest BCUT2D eigenvalue weighted by Gasteiger charge is -2.22. The summed E-state index contributed by atoms with van der Waals surface area (Å²) < 4.78 is 11.2. The van der Waals surface area contributed by atoms with Crippen molar-refractivity contribution in [2.45, 2.75) is 38.2 Å². The van der Waals surface area contributed by atoms with Crippen LogP contribution in [0.15, 0.2) is 18.2 Å². The van der Waals surface area contributed by atoms with Crippen LogP contribution in [-0.2, 0) is 4.74 Å². The molecule has 1 saturated carbocycles. The van der Waals surface area contributed by atoms with Crippen LogP contribution in [0.4, 0.5) is 5.69 Å². The molecule has 0 aliphatic heterocycles. The second kappa shape index (κ2) is 8.03. The Bertz CT molecular complexity index is 497. The molecule has 0 aromatic heterocycles. The SMILES string of the molecule is CN(C)CCOc1cc(C(=O)OC2CCCCC2)ccc1N. The summed E-state index contributed by atoms with van der Waals surface area (Å²) in [7, 11) is 3.95. The molecule has 0 spiro atoms. The van der Waals surface area contributed by atoms with Gasteiger partial charge in [-0.3, -0.25) is 0 Å². The molecule has 5 nitrogen and oxygen atoms in total. The number of carbonyl (C=O) groups is 1. The highest BCUT2D eigenvalue weighted by Crippen LogP contribution is 2.25. The van der Waals surface area contributed by atoms with Gasteiger partial charge in [0.25, 0.3) is 0 Å². The fraction of sp³-hybridized carbons (Fsp3) is 0.588. The van der Waals surface area contributed by atoms with Crippen LogP contribution in [0, 0.1) is 0 Å². The van der Waals surface area contributed by atoms with E-state index in [2.05, 4.69) is 0 Å². The molecule has 1 aromatic carbocycles. The quantitative estimate of drug-likeness (QED) is 0.646. The number of anilines is 1. The van der Waals surface area contributed by atoms with E-state index in [0.29, 0.717) is 23.6 Å². The number of hydrogen-bond acceptors (Lipinski definition) is 5. The predicted molar refractivity (Wildman–Crippen MR) is 87.2 cm³/mol. The standard InChI is InChI=1S/C17H26N2O3/c1-19(2)10-11-21-16-12-13(8-9-15(16)18)17(20)22-14-6-4-3-5-7-14/h8-9,12,14H,3-7,10-11,18H2,1-2H3. The molecule has 2 N–H and O–H groups in total. The monoisotopic (exact) mass is 306 g/mol. The average molecular weight is 306 g/mol. The minimum atomic E-state index is -0.288. The maximum Gasteiger partial charge on any atom is 0.338 e. The number of nitrogen functional groups attached to an aromatic ring is 1. The number of likely N-dealkylation sites (N-methyl/N-ethyl adjacent to an activating group) is 1. The van der Waals surface area contributed by atoms with Crippen molar-refractivity contribution in [3.05, 3.63) is 23.8 Å². The maximum absolute atomic E-state index is 12.2. The smallest absolute Gasteiger partial charge is 0.338 e. The Labute approximate surface area is 132 Å². The molecule has 0 heterocycles. The van der Waals surface area contributed by atoms with Gasteiger partial charge < -0.3 is 20.1 Å². The minimum Gasteiger partial charge on any atom is -0.490 e. The van der Waals surface area contributed by atoms with E-state index in [1.165, 1.54) is 6.42 Å². The molecular formula is C17H26N2O3. The summed E-state index contributed by atoms with van der Waals surface area (Å²) in [5.74, 6) is 0.254. The number of carbonyl (C=O) groups excluding carboxylic acids is 1. The first kappa shape index (κ1) is 16.6. The Morgan fingerprint density at radius 2 is 2.00 bits per heavy atom. The van der Waals surface area contributed by atoms with Crippen LogP contribution in [0.1, 0.15) is 42.5 Å². The van der Waals surface area contributed by atoms with Crippen LogP contribution in [0.3, 0.4) is 0 Å². The van der Waals surface area contributed by atoms with Gasteiger partial charge in [-0.2, -0.15) is 0 Å². The Hall–Kier alpha value is -1.75. The molecule has 0 saturated heterocycles. The van der Waals surface area contributed by atoms with Crippen LogP contribution in [-0.4, -0.2) is 44.2 Å². The molecule has 0 amide bonds. The molecule has 22 heavy (non-hydrogen) atoms. The normalized spacial score (nSPS) is 15.8. The van der Waals surface area contributed by atoms with Crippen molar-refractivity contribution in [3.63, 3.8) is 0 Å². The van der Waals surface area contributed by atoms with E-state index in [-0.39, 0.29) is 12.1 Å². The second-order valence-electron chi connectivity index (χ2n) is 6.07. The lowest BCUT2D eigenvalue weighted by Crippen LogP contribution is -2.21. The Kier molecular flexibility index (Phi) is 6.07. The third-order valence-electron chi connectivity index (χ3n) is 3.87. The van der Waals surface area contributed by atoms with Crippen LogP contribution in [0.25, 0.3) is 0 Å². The fourth-order valence-corrected chi connectivity index (χ4v) is 2.53. The first-order valence-corrected chi connectivity index (χ1v) is 7.94. The fourth-order valence-electron chi connectivity index (χ4n) is 2.53. The van der Waals surface area contributed by atoms with E-state index < -0.39 is 0 Å². The maximum atomic E-state index is 12.2. The molecule has 5 heteroatoms. The molecule has 0 bridgehead atoms. The number of benzene rings is 1. The summed E-state index contributed by atoms with van der Waals surface area (Å²) in [5, 5.41) is 0. The lowest BCUT2D eigenvalue weighted by atomic mass is 9.98. The van der Waals surface area contributed by atoms with E-state index in [0.717, 1.165) is 32.2 Å². The highest BCUT2D eigenvalue weighted by atomic mass is 16.5. The molecular weight excluding hydrogens is 280 g/mol. The van der Waals surface area contributed by atoms with E-state index in [1.54, 1.807) is 18.2 Å². The number of nitrogens with two attached hydrogens (primary N) is 1. The first-order valence-electron chi connectivity index (χ1n) is 7.94. The first-order chi connectivity index (χ1) is 10.6. The zero-order chi connectivity index (χ0) is 15.9. The Morgan fingerprint density at radius 1 is 1.27 bits per heavy atom. The molecule has 1 fully saturated rings. The van der Waals surface area contributed by atoms with Gasteiger partial charge in [0.1, 0.15) is 18.5 Å². The van der Waals surface area contributed by atoms with E-state index in [9.17, 15) is 4.79 Å². The highest BCUT2D eigenvalue weighted by Gasteiger charge is 2.19. The number of rotatable bonds is 6. The van der Waals surface area contributed by atoms with Crippen molar-refractivity contribution in [1.29, 1.82) is 0 Å². The van der Waals surface area contributed by atoms with Crippen molar-refractivity contribution in [2.24, 2.45) is 0 Å². The average Bonchev–Trinajstić information content (AvgIpc) is 2.49. The lowest BCUT2D eigenvalue weighted by molar-refractivity contribution is 0.0210. The molecule has 2 rings (SSSR count). The van der Waals surface area contributed by atoms with Crippen LogP contribution in [0.2, 0.25) is 0 Å². The molecule has 0 unspecified atom stereocenters. The summed E-state index contributed by atoms with van der Waals surface area (Å²) in [6, 6.07) is 5.07. The van der Waals surface area contributed by atoms with Crippen molar-refractivity contribution in [2.75, 3.05) is 33.0 Å². The summed E-state index contributed by atoms with van der Waals surface area (Å²) in [5.41, 5.74) is 6.93. The largest absolute Gasteiger partial charge is 0.490 e. The summed E-state index contributed by atoms with van der Waals surface area (Å²) in [6.45, 7) is 1.31. The molecule has 122 valence electrons. The van der Waals surface area contributed by atoms with Crippen molar-refractivity contribution in [3.8, 4) is 5.75 Å². The summed E-state index contributed by atoms with van der Waals surface area (Å²) >= 11 is 0. The van der Waals surface area contributed by atoms with E-state index in [4.69, 9.17) is 15.2 Å². The van der Waals surface area contributed by atoms with Gasteiger partial charge in [0.2, 0.25) is 0 Å². The van der Waals surface area contributed by atoms with E-state index in [1.807, 2.05) is 19.0 Å². The number of esters is 1. The van der Waals surface area contributed by atoms with Crippen LogP contribution in [0.5, 0.6) is 5.75 Å². The van der Waals surface area contributed by atoms with Gasteiger partial charge in [-0.1, -0.05) is 6.42 Å². The molecule has 1 aliphatic rings. The van der Waals surface area contributed by atoms with Gasteiger partial charge in [0, 0.05) is 6.54 Å². The van der Waals surface area contributed by atoms with Crippen molar-refractivity contribution < 1.29 is 14.3 Å². The van der Waals surface area contributed by atoms with Gasteiger partial charge in [0.15, 0.2) is 0 Å². The predicted octanol–water partition coefficient (Wildman–Crippen LogP) is 2.70. The Balaban J connectivity index is 1.96. The molecule has 1 aliphatic carbocycles. The third-order valence-corrected chi connectivity index (χ3v) is 3.87. The highest BCUT2D eigenvalue weighted by molar-refractivity contribution is 5.90. The number of hydrogen-bond donors (Lipinski definition) is 1. The topological polar surface area (TPSA) is 64.8 Å². The molecule has 1 aromatic rings. The third kappa shape index (κ3) is 4.91. The van der Waals surface area contributed by atoms with Gasteiger partial charge in [0.05, 0.1) is 11.3 Å². The molecule has 0 atom stereocenters. The van der Waals surface area contributed by atoms with Crippen molar-refractivity contribution >= 4 is 11.7 Å². The van der Waals surface area contributed by atoms with Gasteiger partial charge in [-0.15, -0.1) is 0 Å². The van der Waals surface area contributed by atoms with Crippen molar-refractivity contribution in [1.82, 2.24) is 4.90 Å².